The van der Waals surface area contributed by atoms with Crippen LogP contribution in [0.15, 0.2) is 16.9 Å². The molecule has 0 bridgehead atoms. The molecule has 9 nitrogen and oxygen atoms in total. The highest BCUT2D eigenvalue weighted by Crippen LogP contribution is 2.13. The number of methoxy groups -OCH3 is 1. The van der Waals surface area contributed by atoms with Gasteiger partial charge in [-0.25, -0.2) is 9.97 Å². The summed E-state index contributed by atoms with van der Waals surface area (Å²) in [5.74, 6) is 1.60. The van der Waals surface area contributed by atoms with Gasteiger partial charge >= 0.3 is 0 Å². The Labute approximate surface area is 145 Å². The van der Waals surface area contributed by atoms with Gasteiger partial charge in [0.2, 0.25) is 5.89 Å². The van der Waals surface area contributed by atoms with Crippen LogP contribution in [0.1, 0.15) is 34.8 Å². The molecule has 1 saturated heterocycles. The van der Waals surface area contributed by atoms with Crippen LogP contribution in [-0.4, -0.2) is 63.8 Å². The first-order chi connectivity index (χ1) is 12.2. The van der Waals surface area contributed by atoms with E-state index in [9.17, 15) is 4.79 Å². The number of hydrogen-bond donors (Lipinski definition) is 0. The fourth-order valence-electron chi connectivity index (χ4n) is 2.61. The zero-order chi connectivity index (χ0) is 17.6. The lowest BCUT2D eigenvalue weighted by Gasteiger charge is -2.32. The predicted molar refractivity (Wildman–Crippen MR) is 85.8 cm³/mol. The molecule has 0 aromatic carbocycles. The molecular weight excluding hydrogens is 326 g/mol. The van der Waals surface area contributed by atoms with Gasteiger partial charge in [-0.1, -0.05) is 12.1 Å². The number of carbonyl (C=O) groups is 1. The van der Waals surface area contributed by atoms with Crippen LogP contribution in [0.25, 0.3) is 0 Å². The van der Waals surface area contributed by atoms with Gasteiger partial charge in [-0.15, -0.1) is 0 Å². The van der Waals surface area contributed by atoms with Gasteiger partial charge in [0.15, 0.2) is 5.82 Å². The van der Waals surface area contributed by atoms with Crippen molar-refractivity contribution in [3.05, 3.63) is 35.5 Å². The minimum Gasteiger partial charge on any atom is -0.377 e. The second-order valence-electron chi connectivity index (χ2n) is 5.73. The molecule has 2 aromatic rings. The molecular formula is C16H21N5O4. The highest BCUT2D eigenvalue weighted by molar-refractivity contribution is 5.93. The summed E-state index contributed by atoms with van der Waals surface area (Å²) in [6.45, 7) is 3.72. The molecule has 1 atom stereocenters. The molecule has 134 valence electrons. The zero-order valence-electron chi connectivity index (χ0n) is 14.3. The van der Waals surface area contributed by atoms with E-state index in [4.69, 9.17) is 14.0 Å². The molecule has 0 spiro atoms. The molecule has 1 fully saturated rings. The quantitative estimate of drug-likeness (QED) is 0.750. The van der Waals surface area contributed by atoms with Gasteiger partial charge in [0.1, 0.15) is 12.4 Å². The summed E-state index contributed by atoms with van der Waals surface area (Å²) in [5.41, 5.74) is 0.484. The number of morpholine rings is 1. The summed E-state index contributed by atoms with van der Waals surface area (Å²) >= 11 is 0. The summed E-state index contributed by atoms with van der Waals surface area (Å²) < 4.78 is 15.9. The molecule has 0 radical (unpaired) electrons. The van der Waals surface area contributed by atoms with E-state index in [1.54, 1.807) is 24.4 Å². The van der Waals surface area contributed by atoms with Crippen molar-refractivity contribution < 1.29 is 18.8 Å². The van der Waals surface area contributed by atoms with Crippen LogP contribution in [0.2, 0.25) is 0 Å². The first-order valence-corrected chi connectivity index (χ1v) is 8.21. The topological polar surface area (TPSA) is 103 Å². The molecule has 9 heteroatoms. The van der Waals surface area contributed by atoms with E-state index in [0.717, 1.165) is 12.2 Å². The maximum absolute atomic E-state index is 12.6. The van der Waals surface area contributed by atoms with Gasteiger partial charge in [-0.3, -0.25) is 4.79 Å². The zero-order valence-corrected chi connectivity index (χ0v) is 14.3. The summed E-state index contributed by atoms with van der Waals surface area (Å²) in [7, 11) is 1.57. The minimum absolute atomic E-state index is 0.0958. The van der Waals surface area contributed by atoms with E-state index < -0.39 is 0 Å². The average Bonchev–Trinajstić information content (AvgIpc) is 3.09. The molecule has 2 aromatic heterocycles. The van der Waals surface area contributed by atoms with Crippen molar-refractivity contribution >= 4 is 5.91 Å². The Bertz CT molecular complexity index is 703. The molecule has 0 unspecified atom stereocenters. The number of aryl methyl sites for hydroxylation is 1. The summed E-state index contributed by atoms with van der Waals surface area (Å²) in [6.07, 6.45) is 4.15. The number of amides is 1. The van der Waals surface area contributed by atoms with Gasteiger partial charge in [0.05, 0.1) is 24.7 Å². The molecule has 1 aliphatic rings. The SMILES string of the molecule is CCc1ncc(C(=O)N2CCO[C@H](Cc3nc(COC)no3)C2)cn1. The molecule has 0 saturated carbocycles. The largest absolute Gasteiger partial charge is 0.377 e. The molecule has 3 heterocycles. The molecule has 0 aliphatic carbocycles. The summed E-state index contributed by atoms with van der Waals surface area (Å²) in [4.78, 5) is 27.0. The standard InChI is InChI=1S/C16H21N5O4/c1-3-13-17-7-11(8-18-13)16(22)21-4-5-24-12(9-21)6-15-19-14(10-23-2)20-25-15/h7-8,12H,3-6,9-10H2,1-2H3/t12-/m1/s1. The number of rotatable bonds is 6. The Morgan fingerprint density at radius 1 is 1.36 bits per heavy atom. The molecule has 25 heavy (non-hydrogen) atoms. The second-order valence-corrected chi connectivity index (χ2v) is 5.73. The predicted octanol–water partition coefficient (Wildman–Crippen LogP) is 0.652. The molecule has 1 aliphatic heterocycles. The number of nitrogens with zero attached hydrogens (tertiary/aromatic N) is 5. The van der Waals surface area contributed by atoms with E-state index >= 15 is 0 Å². The fraction of sp³-hybridized carbons (Fsp3) is 0.562. The summed E-state index contributed by atoms with van der Waals surface area (Å²) in [6, 6.07) is 0. The van der Waals surface area contributed by atoms with Crippen LogP contribution >= 0.6 is 0 Å². The van der Waals surface area contributed by atoms with Crippen molar-refractivity contribution in [1.82, 2.24) is 25.0 Å². The first-order valence-electron chi connectivity index (χ1n) is 8.21. The Morgan fingerprint density at radius 2 is 2.16 bits per heavy atom. The number of hydrogen-bond acceptors (Lipinski definition) is 8. The van der Waals surface area contributed by atoms with Gasteiger partial charge in [0.25, 0.3) is 5.91 Å². The molecule has 0 N–H and O–H groups in total. The first kappa shape index (κ1) is 17.4. The van der Waals surface area contributed by atoms with Crippen LogP contribution in [0.4, 0.5) is 0 Å². The van der Waals surface area contributed by atoms with Crippen LogP contribution in [-0.2, 0) is 28.9 Å². The maximum Gasteiger partial charge on any atom is 0.257 e. The van der Waals surface area contributed by atoms with E-state index in [0.29, 0.717) is 50.0 Å². The Hall–Kier alpha value is -2.39. The van der Waals surface area contributed by atoms with Gasteiger partial charge in [0, 0.05) is 39.0 Å². The Balaban J connectivity index is 1.60. The smallest absolute Gasteiger partial charge is 0.257 e. The van der Waals surface area contributed by atoms with Gasteiger partial charge in [-0.05, 0) is 0 Å². The van der Waals surface area contributed by atoms with Crippen LogP contribution < -0.4 is 0 Å². The third kappa shape index (κ3) is 4.37. The lowest BCUT2D eigenvalue weighted by atomic mass is 10.2. The van der Waals surface area contributed by atoms with Crippen molar-refractivity contribution in [3.8, 4) is 0 Å². The van der Waals surface area contributed by atoms with Crippen LogP contribution in [0, 0.1) is 0 Å². The van der Waals surface area contributed by atoms with E-state index in [1.807, 2.05) is 6.92 Å². The van der Waals surface area contributed by atoms with Gasteiger partial charge < -0.3 is 18.9 Å². The Kier molecular flexibility index (Phi) is 5.67. The van der Waals surface area contributed by atoms with Crippen molar-refractivity contribution in [2.75, 3.05) is 26.8 Å². The van der Waals surface area contributed by atoms with E-state index in [2.05, 4.69) is 20.1 Å². The number of carbonyl (C=O) groups excluding carboxylic acids is 1. The van der Waals surface area contributed by atoms with Gasteiger partial charge in [-0.2, -0.15) is 4.98 Å². The second kappa shape index (κ2) is 8.13. The summed E-state index contributed by atoms with van der Waals surface area (Å²) in [5, 5.41) is 3.83. The van der Waals surface area contributed by atoms with Crippen LogP contribution in [0.5, 0.6) is 0 Å². The van der Waals surface area contributed by atoms with Crippen molar-refractivity contribution in [2.24, 2.45) is 0 Å². The van der Waals surface area contributed by atoms with Crippen LogP contribution in [0.3, 0.4) is 0 Å². The normalized spacial score (nSPS) is 17.7. The third-order valence-electron chi connectivity index (χ3n) is 3.88. The van der Waals surface area contributed by atoms with Crippen molar-refractivity contribution in [1.29, 1.82) is 0 Å². The third-order valence-corrected chi connectivity index (χ3v) is 3.88. The van der Waals surface area contributed by atoms with E-state index in [-0.39, 0.29) is 12.0 Å². The lowest BCUT2D eigenvalue weighted by Crippen LogP contribution is -2.46. The fourth-order valence-corrected chi connectivity index (χ4v) is 2.61. The monoisotopic (exact) mass is 347 g/mol. The minimum atomic E-state index is -0.190. The Morgan fingerprint density at radius 3 is 2.88 bits per heavy atom. The maximum atomic E-state index is 12.6. The van der Waals surface area contributed by atoms with Crippen molar-refractivity contribution in [2.45, 2.75) is 32.5 Å². The highest BCUT2D eigenvalue weighted by atomic mass is 16.5. The molecule has 1 amide bonds. The highest BCUT2D eigenvalue weighted by Gasteiger charge is 2.27. The molecule has 3 rings (SSSR count). The number of ether oxygens (including phenoxy) is 2. The lowest BCUT2D eigenvalue weighted by molar-refractivity contribution is -0.0237. The number of aromatic nitrogens is 4. The average molecular weight is 347 g/mol. The van der Waals surface area contributed by atoms with Crippen molar-refractivity contribution in [3.63, 3.8) is 0 Å². The van der Waals surface area contributed by atoms with E-state index in [1.165, 1.54) is 0 Å².